The highest BCUT2D eigenvalue weighted by atomic mass is 16.6. The summed E-state index contributed by atoms with van der Waals surface area (Å²) in [5.74, 6) is 1.14. The summed E-state index contributed by atoms with van der Waals surface area (Å²) in [5, 5.41) is 3.29. The van der Waals surface area contributed by atoms with Crippen molar-refractivity contribution in [1.29, 1.82) is 0 Å². The van der Waals surface area contributed by atoms with E-state index in [1.54, 1.807) is 7.11 Å². The number of fused-ring (bicyclic) bond motifs is 3. The van der Waals surface area contributed by atoms with Gasteiger partial charge in [0.25, 0.3) is 0 Å². The molecule has 2 aromatic carbocycles. The lowest BCUT2D eigenvalue weighted by Crippen LogP contribution is -2.29. The highest BCUT2D eigenvalue weighted by Crippen LogP contribution is 2.39. The first kappa shape index (κ1) is 21.9. The second kappa shape index (κ2) is 9.87. The Morgan fingerprint density at radius 3 is 2.62 bits per heavy atom. The van der Waals surface area contributed by atoms with E-state index in [1.807, 2.05) is 55.5 Å². The van der Waals surface area contributed by atoms with Gasteiger partial charge in [-0.25, -0.2) is 9.78 Å². The minimum absolute atomic E-state index is 0.195. The Morgan fingerprint density at radius 1 is 1.09 bits per heavy atom. The molecule has 1 aromatic heterocycles. The second-order valence-corrected chi connectivity index (χ2v) is 7.76. The Hall–Kier alpha value is -3.32. The van der Waals surface area contributed by atoms with Gasteiger partial charge in [0.1, 0.15) is 12.4 Å². The number of unbranched alkanes of at least 4 members (excludes halogenated alkanes) is 1. The molecule has 0 radical (unpaired) electrons. The molecule has 3 aromatic rings. The Bertz CT molecular complexity index is 1120. The molecule has 7 heteroatoms. The fourth-order valence-corrected chi connectivity index (χ4v) is 3.92. The van der Waals surface area contributed by atoms with E-state index in [9.17, 15) is 4.79 Å². The highest BCUT2D eigenvalue weighted by Gasteiger charge is 2.35. The first-order chi connectivity index (χ1) is 15.6. The summed E-state index contributed by atoms with van der Waals surface area (Å²) in [4.78, 5) is 17.9. The number of imidazole rings is 1. The van der Waals surface area contributed by atoms with Crippen molar-refractivity contribution >= 4 is 23.0 Å². The fourth-order valence-electron chi connectivity index (χ4n) is 3.92. The topological polar surface area (TPSA) is 74.6 Å². The van der Waals surface area contributed by atoms with Crippen molar-refractivity contribution < 1.29 is 19.0 Å². The molecule has 0 unspecified atom stereocenters. The van der Waals surface area contributed by atoms with Crippen molar-refractivity contribution in [2.75, 3.05) is 32.2 Å². The molecule has 4 rings (SSSR count). The number of nitrogens with one attached hydrogen (secondary N) is 1. The van der Waals surface area contributed by atoms with Crippen LogP contribution in [0.5, 0.6) is 5.75 Å². The Labute approximate surface area is 188 Å². The number of methoxy groups -OCH3 is 1. The largest absolute Gasteiger partial charge is 0.494 e. The van der Waals surface area contributed by atoms with Gasteiger partial charge in [-0.05, 0) is 43.2 Å². The van der Waals surface area contributed by atoms with Gasteiger partial charge in [0.15, 0.2) is 0 Å². The van der Waals surface area contributed by atoms with E-state index in [0.717, 1.165) is 40.9 Å². The van der Waals surface area contributed by atoms with Gasteiger partial charge in [-0.2, -0.15) is 0 Å². The molecule has 1 aliphatic heterocycles. The molecular formula is C25H29N3O4. The van der Waals surface area contributed by atoms with E-state index >= 15 is 0 Å². The molecule has 7 nitrogen and oxygen atoms in total. The number of allylic oxidation sites excluding steroid dienone is 1. The fraction of sp³-hybridized carbons (Fsp3) is 0.360. The number of carbonyl (C=O) groups excluding carboxylic acids is 1. The molecule has 168 valence electrons. The standard InChI is InChI=1S/C25H29N3O4/c1-4-5-14-31-19-12-10-18(11-13-19)23-22(24(29)32-16-15-30-3)17(2)26-25-27-20-8-6-7-9-21(20)28(23)25/h6-13,23H,4-5,14-16H2,1-3H3,(H,26,27)/t23-/m0/s1. The first-order valence-corrected chi connectivity index (χ1v) is 11.0. The molecule has 1 atom stereocenters. The minimum Gasteiger partial charge on any atom is -0.494 e. The quantitative estimate of drug-likeness (QED) is 0.388. The zero-order chi connectivity index (χ0) is 22.5. The maximum atomic E-state index is 13.1. The number of anilines is 1. The molecule has 0 bridgehead atoms. The number of benzene rings is 2. The maximum Gasteiger partial charge on any atom is 0.338 e. The number of esters is 1. The van der Waals surface area contributed by atoms with E-state index in [2.05, 4.69) is 16.8 Å². The molecule has 0 saturated heterocycles. The minimum atomic E-state index is -0.376. The predicted octanol–water partition coefficient (Wildman–Crippen LogP) is 4.69. The summed E-state index contributed by atoms with van der Waals surface area (Å²) < 4.78 is 18.4. The second-order valence-electron chi connectivity index (χ2n) is 7.76. The monoisotopic (exact) mass is 435 g/mol. The van der Waals surface area contributed by atoms with Gasteiger partial charge < -0.3 is 19.5 Å². The SMILES string of the molecule is CCCCOc1ccc([C@H]2C(C(=O)OCCOC)=C(C)Nc3nc4ccccc4n32)cc1. The van der Waals surface area contributed by atoms with Crippen LogP contribution in [0.3, 0.4) is 0 Å². The van der Waals surface area contributed by atoms with Crippen LogP contribution in [0.4, 0.5) is 5.95 Å². The molecule has 32 heavy (non-hydrogen) atoms. The lowest BCUT2D eigenvalue weighted by molar-refractivity contribution is -0.140. The van der Waals surface area contributed by atoms with Gasteiger partial charge in [-0.15, -0.1) is 0 Å². The van der Waals surface area contributed by atoms with Gasteiger partial charge in [-0.1, -0.05) is 37.6 Å². The van der Waals surface area contributed by atoms with Gasteiger partial charge in [0.2, 0.25) is 5.95 Å². The van der Waals surface area contributed by atoms with Crippen LogP contribution in [-0.2, 0) is 14.3 Å². The molecule has 1 N–H and O–H groups in total. The van der Waals surface area contributed by atoms with Crippen LogP contribution in [0.2, 0.25) is 0 Å². The van der Waals surface area contributed by atoms with Crippen molar-refractivity contribution in [3.8, 4) is 5.75 Å². The Morgan fingerprint density at radius 2 is 1.88 bits per heavy atom. The third kappa shape index (κ3) is 4.34. The lowest BCUT2D eigenvalue weighted by Gasteiger charge is -2.30. The lowest BCUT2D eigenvalue weighted by atomic mass is 9.95. The summed E-state index contributed by atoms with van der Waals surface area (Å²) in [5.41, 5.74) is 4.04. The van der Waals surface area contributed by atoms with Crippen LogP contribution in [-0.4, -0.2) is 42.5 Å². The van der Waals surface area contributed by atoms with Crippen molar-refractivity contribution in [2.45, 2.75) is 32.7 Å². The summed E-state index contributed by atoms with van der Waals surface area (Å²) >= 11 is 0. The molecule has 2 heterocycles. The molecule has 0 fully saturated rings. The number of hydrogen-bond donors (Lipinski definition) is 1. The van der Waals surface area contributed by atoms with Crippen molar-refractivity contribution in [3.63, 3.8) is 0 Å². The van der Waals surface area contributed by atoms with E-state index in [4.69, 9.17) is 19.2 Å². The van der Waals surface area contributed by atoms with Crippen molar-refractivity contribution in [1.82, 2.24) is 9.55 Å². The normalized spacial score (nSPS) is 15.4. The molecule has 0 aliphatic carbocycles. The molecule has 0 spiro atoms. The van der Waals surface area contributed by atoms with Crippen LogP contribution in [0.15, 0.2) is 59.8 Å². The van der Waals surface area contributed by atoms with Crippen LogP contribution in [0.1, 0.15) is 38.3 Å². The van der Waals surface area contributed by atoms with Crippen LogP contribution < -0.4 is 10.1 Å². The van der Waals surface area contributed by atoms with Crippen molar-refractivity contribution in [2.24, 2.45) is 0 Å². The number of hydrogen-bond acceptors (Lipinski definition) is 6. The zero-order valence-electron chi connectivity index (χ0n) is 18.8. The highest BCUT2D eigenvalue weighted by molar-refractivity contribution is 5.94. The zero-order valence-corrected chi connectivity index (χ0v) is 18.8. The van der Waals surface area contributed by atoms with E-state index < -0.39 is 0 Å². The van der Waals surface area contributed by atoms with Gasteiger partial charge in [0, 0.05) is 12.8 Å². The third-order valence-corrected chi connectivity index (χ3v) is 5.53. The van der Waals surface area contributed by atoms with Crippen LogP contribution in [0.25, 0.3) is 11.0 Å². The number of nitrogens with zero attached hydrogens (tertiary/aromatic N) is 2. The summed E-state index contributed by atoms with van der Waals surface area (Å²) in [6.45, 7) is 5.25. The van der Waals surface area contributed by atoms with Gasteiger partial charge in [0.05, 0.1) is 35.9 Å². The Kier molecular flexibility index (Phi) is 6.75. The number of para-hydroxylation sites is 2. The average molecular weight is 436 g/mol. The number of ether oxygens (including phenoxy) is 3. The summed E-state index contributed by atoms with van der Waals surface area (Å²) in [6.07, 6.45) is 2.10. The predicted molar refractivity (Wildman–Crippen MR) is 124 cm³/mol. The smallest absolute Gasteiger partial charge is 0.338 e. The summed E-state index contributed by atoms with van der Waals surface area (Å²) in [7, 11) is 1.58. The number of carbonyl (C=O) groups is 1. The molecule has 0 saturated carbocycles. The van der Waals surface area contributed by atoms with Crippen LogP contribution >= 0.6 is 0 Å². The Balaban J connectivity index is 1.75. The summed E-state index contributed by atoms with van der Waals surface area (Å²) in [6, 6.07) is 15.5. The van der Waals surface area contributed by atoms with E-state index in [-0.39, 0.29) is 18.6 Å². The van der Waals surface area contributed by atoms with Crippen LogP contribution in [0, 0.1) is 0 Å². The number of aromatic nitrogens is 2. The maximum absolute atomic E-state index is 13.1. The van der Waals surface area contributed by atoms with E-state index in [0.29, 0.717) is 24.7 Å². The van der Waals surface area contributed by atoms with Crippen molar-refractivity contribution in [3.05, 3.63) is 65.4 Å². The molecule has 1 aliphatic rings. The van der Waals surface area contributed by atoms with E-state index in [1.165, 1.54) is 0 Å². The number of rotatable bonds is 9. The molecule has 0 amide bonds. The third-order valence-electron chi connectivity index (χ3n) is 5.53. The molecular weight excluding hydrogens is 406 g/mol. The average Bonchev–Trinajstić information content (AvgIpc) is 3.17. The van der Waals surface area contributed by atoms with Gasteiger partial charge >= 0.3 is 5.97 Å². The van der Waals surface area contributed by atoms with Gasteiger partial charge in [-0.3, -0.25) is 4.57 Å². The first-order valence-electron chi connectivity index (χ1n) is 11.0.